The minimum atomic E-state index is -0.666. The van der Waals surface area contributed by atoms with Crippen molar-refractivity contribution in [1.82, 2.24) is 10.3 Å². The molecule has 1 unspecified atom stereocenters. The molecule has 0 aliphatic carbocycles. The summed E-state index contributed by atoms with van der Waals surface area (Å²) in [7, 11) is 0. The fourth-order valence-corrected chi connectivity index (χ4v) is 2.04. The molecule has 5 heteroatoms. The second-order valence-electron chi connectivity index (χ2n) is 4.85. The Kier molecular flexibility index (Phi) is 3.55. The summed E-state index contributed by atoms with van der Waals surface area (Å²) in [6.45, 7) is 3.68. The molecule has 2 aromatic rings. The SMILES string of the molecule is CC(C)C(NC(=O)c1c[nH]c2ccccc12)C(N)=O. The molecule has 0 bridgehead atoms. The average Bonchev–Trinajstić information content (AvgIpc) is 2.78. The summed E-state index contributed by atoms with van der Waals surface area (Å²) in [5.41, 5.74) is 6.69. The molecule has 1 heterocycles. The number of nitrogens with one attached hydrogen (secondary N) is 2. The van der Waals surface area contributed by atoms with Crippen LogP contribution in [0.2, 0.25) is 0 Å². The summed E-state index contributed by atoms with van der Waals surface area (Å²) in [6.07, 6.45) is 1.64. The van der Waals surface area contributed by atoms with E-state index < -0.39 is 11.9 Å². The Morgan fingerprint density at radius 3 is 2.58 bits per heavy atom. The number of nitrogens with two attached hydrogens (primary N) is 1. The monoisotopic (exact) mass is 259 g/mol. The lowest BCUT2D eigenvalue weighted by Crippen LogP contribution is -2.47. The molecule has 1 atom stereocenters. The van der Waals surface area contributed by atoms with Gasteiger partial charge in [0.25, 0.3) is 5.91 Å². The molecule has 0 saturated carbocycles. The summed E-state index contributed by atoms with van der Waals surface area (Å²) in [5, 5.41) is 3.50. The summed E-state index contributed by atoms with van der Waals surface area (Å²) < 4.78 is 0. The van der Waals surface area contributed by atoms with Crippen LogP contribution in [0.1, 0.15) is 24.2 Å². The van der Waals surface area contributed by atoms with Crippen molar-refractivity contribution in [1.29, 1.82) is 0 Å². The average molecular weight is 259 g/mol. The number of carbonyl (C=O) groups is 2. The van der Waals surface area contributed by atoms with Crippen LogP contribution in [0.15, 0.2) is 30.5 Å². The third kappa shape index (κ3) is 2.59. The maximum Gasteiger partial charge on any atom is 0.254 e. The van der Waals surface area contributed by atoms with E-state index in [9.17, 15) is 9.59 Å². The number of amides is 2. The van der Waals surface area contributed by atoms with Crippen LogP contribution in [0, 0.1) is 5.92 Å². The van der Waals surface area contributed by atoms with Gasteiger partial charge in [-0.05, 0) is 12.0 Å². The smallest absolute Gasteiger partial charge is 0.254 e. The van der Waals surface area contributed by atoms with Crippen molar-refractivity contribution in [3.05, 3.63) is 36.0 Å². The van der Waals surface area contributed by atoms with E-state index in [1.807, 2.05) is 38.1 Å². The standard InChI is InChI=1S/C14H17N3O2/c1-8(2)12(13(15)18)17-14(19)10-7-16-11-6-4-3-5-9(10)11/h3-8,12,16H,1-2H3,(H2,15,18)(H,17,19). The van der Waals surface area contributed by atoms with Gasteiger partial charge in [-0.15, -0.1) is 0 Å². The predicted molar refractivity (Wildman–Crippen MR) is 73.6 cm³/mol. The minimum absolute atomic E-state index is 0.0494. The number of para-hydroxylation sites is 1. The maximum absolute atomic E-state index is 12.2. The van der Waals surface area contributed by atoms with E-state index in [0.29, 0.717) is 5.56 Å². The van der Waals surface area contributed by atoms with Crippen molar-refractivity contribution >= 4 is 22.7 Å². The molecule has 5 nitrogen and oxygen atoms in total. The first-order valence-electron chi connectivity index (χ1n) is 6.17. The Morgan fingerprint density at radius 2 is 1.95 bits per heavy atom. The summed E-state index contributed by atoms with van der Waals surface area (Å²) in [4.78, 5) is 26.5. The van der Waals surface area contributed by atoms with E-state index in [0.717, 1.165) is 10.9 Å². The van der Waals surface area contributed by atoms with Crippen molar-refractivity contribution in [2.75, 3.05) is 0 Å². The normalized spacial score (nSPS) is 12.6. The topological polar surface area (TPSA) is 88.0 Å². The van der Waals surface area contributed by atoms with Crippen molar-refractivity contribution in [3.63, 3.8) is 0 Å². The first kappa shape index (κ1) is 13.1. The Hall–Kier alpha value is -2.30. The lowest BCUT2D eigenvalue weighted by atomic mass is 10.0. The molecule has 0 fully saturated rings. The fraction of sp³-hybridized carbons (Fsp3) is 0.286. The first-order valence-corrected chi connectivity index (χ1v) is 6.17. The van der Waals surface area contributed by atoms with Gasteiger partial charge in [0.05, 0.1) is 5.56 Å². The third-order valence-corrected chi connectivity index (χ3v) is 3.09. The summed E-state index contributed by atoms with van der Waals surface area (Å²) >= 11 is 0. The minimum Gasteiger partial charge on any atom is -0.368 e. The highest BCUT2D eigenvalue weighted by molar-refractivity contribution is 6.07. The molecule has 0 radical (unpaired) electrons. The Morgan fingerprint density at radius 1 is 1.26 bits per heavy atom. The molecule has 19 heavy (non-hydrogen) atoms. The van der Waals surface area contributed by atoms with E-state index in [4.69, 9.17) is 5.73 Å². The molecule has 100 valence electrons. The summed E-state index contributed by atoms with van der Waals surface area (Å²) in [6, 6.07) is 6.83. The number of aromatic nitrogens is 1. The number of fused-ring (bicyclic) bond motifs is 1. The van der Waals surface area contributed by atoms with Crippen LogP contribution < -0.4 is 11.1 Å². The Labute approximate surface area is 111 Å². The first-order chi connectivity index (χ1) is 9.00. The lowest BCUT2D eigenvalue weighted by Gasteiger charge is -2.18. The highest BCUT2D eigenvalue weighted by Gasteiger charge is 2.23. The quantitative estimate of drug-likeness (QED) is 0.775. The molecule has 1 aromatic heterocycles. The van der Waals surface area contributed by atoms with Crippen molar-refractivity contribution in [2.24, 2.45) is 11.7 Å². The molecule has 2 amide bonds. The van der Waals surface area contributed by atoms with E-state index in [1.165, 1.54) is 0 Å². The molecular formula is C14H17N3O2. The molecular weight excluding hydrogens is 242 g/mol. The zero-order valence-corrected chi connectivity index (χ0v) is 10.9. The van der Waals surface area contributed by atoms with Crippen molar-refractivity contribution in [2.45, 2.75) is 19.9 Å². The molecule has 0 saturated heterocycles. The molecule has 0 aliphatic heterocycles. The third-order valence-electron chi connectivity index (χ3n) is 3.09. The van der Waals surface area contributed by atoms with Gasteiger partial charge < -0.3 is 16.0 Å². The van der Waals surface area contributed by atoms with Crippen LogP contribution in [0.25, 0.3) is 10.9 Å². The lowest BCUT2D eigenvalue weighted by molar-refractivity contribution is -0.120. The van der Waals surface area contributed by atoms with Crippen LogP contribution in [-0.2, 0) is 4.79 Å². The zero-order chi connectivity index (χ0) is 14.0. The zero-order valence-electron chi connectivity index (χ0n) is 10.9. The Bertz CT molecular complexity index is 616. The van der Waals surface area contributed by atoms with E-state index in [1.54, 1.807) is 6.20 Å². The number of rotatable bonds is 4. The Balaban J connectivity index is 2.27. The van der Waals surface area contributed by atoms with Gasteiger partial charge in [0, 0.05) is 17.1 Å². The number of aromatic amines is 1. The molecule has 0 aliphatic rings. The van der Waals surface area contributed by atoms with Gasteiger partial charge in [0.2, 0.25) is 5.91 Å². The number of H-pyrrole nitrogens is 1. The number of benzene rings is 1. The van der Waals surface area contributed by atoms with E-state index in [2.05, 4.69) is 10.3 Å². The van der Waals surface area contributed by atoms with Gasteiger partial charge in [0.15, 0.2) is 0 Å². The molecule has 0 spiro atoms. The molecule has 4 N–H and O–H groups in total. The van der Waals surface area contributed by atoms with Gasteiger partial charge >= 0.3 is 0 Å². The largest absolute Gasteiger partial charge is 0.368 e. The predicted octanol–water partition coefficient (Wildman–Crippen LogP) is 1.41. The van der Waals surface area contributed by atoms with Gasteiger partial charge in [-0.25, -0.2) is 0 Å². The summed E-state index contributed by atoms with van der Waals surface area (Å²) in [5.74, 6) is -0.871. The fourth-order valence-electron chi connectivity index (χ4n) is 2.04. The van der Waals surface area contributed by atoms with Gasteiger partial charge in [-0.3, -0.25) is 9.59 Å². The van der Waals surface area contributed by atoms with Crippen LogP contribution in [0.4, 0.5) is 0 Å². The highest BCUT2D eigenvalue weighted by atomic mass is 16.2. The highest BCUT2D eigenvalue weighted by Crippen LogP contribution is 2.17. The molecule has 2 rings (SSSR count). The molecule has 1 aromatic carbocycles. The van der Waals surface area contributed by atoms with E-state index >= 15 is 0 Å². The van der Waals surface area contributed by atoms with Crippen LogP contribution >= 0.6 is 0 Å². The van der Waals surface area contributed by atoms with Crippen LogP contribution in [-0.4, -0.2) is 22.8 Å². The van der Waals surface area contributed by atoms with E-state index in [-0.39, 0.29) is 11.8 Å². The van der Waals surface area contributed by atoms with Crippen molar-refractivity contribution < 1.29 is 9.59 Å². The van der Waals surface area contributed by atoms with Crippen molar-refractivity contribution in [3.8, 4) is 0 Å². The maximum atomic E-state index is 12.2. The second kappa shape index (κ2) is 5.14. The van der Waals surface area contributed by atoms with Crippen LogP contribution in [0.5, 0.6) is 0 Å². The second-order valence-corrected chi connectivity index (χ2v) is 4.85. The van der Waals surface area contributed by atoms with Gasteiger partial charge in [-0.1, -0.05) is 32.0 Å². The van der Waals surface area contributed by atoms with Gasteiger partial charge in [-0.2, -0.15) is 0 Å². The number of carbonyl (C=O) groups excluding carboxylic acids is 2. The number of hydrogen-bond donors (Lipinski definition) is 3. The van der Waals surface area contributed by atoms with Crippen LogP contribution in [0.3, 0.4) is 0 Å². The number of hydrogen-bond acceptors (Lipinski definition) is 2. The number of primary amides is 1. The van der Waals surface area contributed by atoms with Gasteiger partial charge in [0.1, 0.15) is 6.04 Å².